The fourth-order valence-corrected chi connectivity index (χ4v) is 5.77. The Morgan fingerprint density at radius 2 is 1.71 bits per heavy atom. The first-order valence-corrected chi connectivity index (χ1v) is 17.9. The van der Waals surface area contributed by atoms with Crippen LogP contribution in [-0.2, 0) is 28.5 Å². The number of aromatic nitrogens is 1. The molecule has 272 valence electrons. The molecule has 1 heterocycles. The third kappa shape index (κ3) is 16.1. The Bertz CT molecular complexity index is 1330. The van der Waals surface area contributed by atoms with Crippen molar-refractivity contribution in [3.05, 3.63) is 45.1 Å². The first-order valence-electron chi connectivity index (χ1n) is 15.9. The van der Waals surface area contributed by atoms with Gasteiger partial charge in [0.25, 0.3) is 0 Å². The monoisotopic (exact) mass is 750 g/mol. The number of hydrogen-bond donors (Lipinski definition) is 1. The number of ether oxygens (including phenoxy) is 4. The summed E-state index contributed by atoms with van der Waals surface area (Å²) in [5.74, 6) is -1.92. The van der Waals surface area contributed by atoms with Crippen LogP contribution >= 0.6 is 46.1 Å². The van der Waals surface area contributed by atoms with E-state index < -0.39 is 45.6 Å². The van der Waals surface area contributed by atoms with Gasteiger partial charge < -0.3 is 24.7 Å². The molecule has 0 aliphatic heterocycles. The summed E-state index contributed by atoms with van der Waals surface area (Å²) < 4.78 is 19.8. The summed E-state index contributed by atoms with van der Waals surface area (Å²) in [6, 6.07) is -0.131. The van der Waals surface area contributed by atoms with Crippen LogP contribution in [0.25, 0.3) is 6.08 Å². The molecule has 13 heteroatoms. The maximum absolute atomic E-state index is 14.0. The number of allylic oxidation sites excluding steroid dienone is 2. The van der Waals surface area contributed by atoms with Crippen molar-refractivity contribution in [1.29, 1.82) is 0 Å². The largest absolute Gasteiger partial charge is 0.508 e. The number of Topliss-reactive ketones (excluding diaryl/α,β-unsaturated/α-hetero) is 1. The van der Waals surface area contributed by atoms with Crippen LogP contribution in [-0.4, -0.2) is 58.1 Å². The Hall–Kier alpha value is -2.11. The average Bonchev–Trinajstić information content (AvgIpc) is 3.37. The average molecular weight is 752 g/mol. The van der Waals surface area contributed by atoms with Gasteiger partial charge in [0.2, 0.25) is 3.79 Å². The van der Waals surface area contributed by atoms with Crippen molar-refractivity contribution in [3.8, 4) is 0 Å². The summed E-state index contributed by atoms with van der Waals surface area (Å²) >= 11 is 18.8. The molecule has 0 amide bonds. The highest BCUT2D eigenvalue weighted by molar-refractivity contribution is 7.09. The molecule has 0 aromatic carbocycles. The summed E-state index contributed by atoms with van der Waals surface area (Å²) in [7, 11) is 1.38. The Kier molecular flexibility index (Phi) is 17.7. The molecule has 1 aromatic rings. The second-order valence-electron chi connectivity index (χ2n) is 13.7. The third-order valence-corrected chi connectivity index (χ3v) is 8.83. The molecule has 1 aromatic heterocycles. The number of thiazole rings is 1. The first kappa shape index (κ1) is 43.9. The van der Waals surface area contributed by atoms with Gasteiger partial charge in [0.1, 0.15) is 24.1 Å². The highest BCUT2D eigenvalue weighted by Gasteiger charge is 2.43. The van der Waals surface area contributed by atoms with Crippen LogP contribution < -0.4 is 5.73 Å². The zero-order chi connectivity index (χ0) is 37.0. The lowest BCUT2D eigenvalue weighted by Gasteiger charge is -2.34. The maximum atomic E-state index is 14.0. The summed E-state index contributed by atoms with van der Waals surface area (Å²) in [6.07, 6.45) is 6.24. The molecule has 0 saturated heterocycles. The van der Waals surface area contributed by atoms with Crippen molar-refractivity contribution in [2.45, 2.75) is 116 Å². The second-order valence-corrected chi connectivity index (χ2v) is 17.3. The van der Waals surface area contributed by atoms with E-state index in [-0.39, 0.29) is 23.5 Å². The van der Waals surface area contributed by atoms with Crippen molar-refractivity contribution in [3.63, 3.8) is 0 Å². The van der Waals surface area contributed by atoms with Gasteiger partial charge in [-0.1, -0.05) is 65.9 Å². The van der Waals surface area contributed by atoms with E-state index in [0.29, 0.717) is 12.8 Å². The number of carbonyl (C=O) groups excluding carboxylic acids is 3. The van der Waals surface area contributed by atoms with E-state index in [1.807, 2.05) is 32.2 Å². The van der Waals surface area contributed by atoms with E-state index in [2.05, 4.69) is 18.0 Å². The molecule has 0 fully saturated rings. The zero-order valence-electron chi connectivity index (χ0n) is 30.1. The molecule has 0 aliphatic rings. The van der Waals surface area contributed by atoms with Crippen molar-refractivity contribution in [2.75, 3.05) is 13.7 Å². The van der Waals surface area contributed by atoms with Crippen LogP contribution in [0, 0.1) is 24.2 Å². The number of aryl methyl sites for hydroxylation is 1. The van der Waals surface area contributed by atoms with Gasteiger partial charge in [-0.3, -0.25) is 4.79 Å². The minimum absolute atomic E-state index is 0.115. The molecule has 2 N–H and O–H groups in total. The number of methoxy groups -OCH3 is 1. The molecular formula is C35H53Cl3N2O7S. The lowest BCUT2D eigenvalue weighted by Crippen LogP contribution is -2.42. The molecule has 48 heavy (non-hydrogen) atoms. The topological polar surface area (TPSA) is 127 Å². The molecule has 0 saturated carbocycles. The van der Waals surface area contributed by atoms with E-state index in [4.69, 9.17) is 59.5 Å². The highest BCUT2D eigenvalue weighted by atomic mass is 35.6. The van der Waals surface area contributed by atoms with E-state index >= 15 is 0 Å². The van der Waals surface area contributed by atoms with Crippen LogP contribution in [0.4, 0.5) is 4.79 Å². The minimum Gasteiger partial charge on any atom is -0.500 e. The highest BCUT2D eigenvalue weighted by Crippen LogP contribution is 2.36. The van der Waals surface area contributed by atoms with E-state index in [9.17, 15) is 14.4 Å². The van der Waals surface area contributed by atoms with Gasteiger partial charge in [-0.25, -0.2) is 14.6 Å². The van der Waals surface area contributed by atoms with Crippen molar-refractivity contribution in [1.82, 2.24) is 4.98 Å². The van der Waals surface area contributed by atoms with Gasteiger partial charge in [-0.05, 0) is 93.1 Å². The quantitative estimate of drug-likeness (QED) is 0.0545. The van der Waals surface area contributed by atoms with Gasteiger partial charge >= 0.3 is 12.1 Å². The summed E-state index contributed by atoms with van der Waals surface area (Å²) in [6.45, 7) is 17.6. The molecule has 0 aliphatic carbocycles. The van der Waals surface area contributed by atoms with Crippen molar-refractivity contribution >= 4 is 70.1 Å². The zero-order valence-corrected chi connectivity index (χ0v) is 33.2. The smallest absolute Gasteiger partial charge is 0.500 e. The predicted molar refractivity (Wildman–Crippen MR) is 195 cm³/mol. The standard InChI is InChI=1S/C35H53Cl3N2O7S/c1-21(15-16-27(39)23(3)17-26-19-48-25(5)40-26)13-12-14-22(2)30(46-32(43)45-20-35(36,37)38)24(4)31(42)34(9,10)28(44-11)18-29(41)47-33(6,7)8/h15,17-19,22,24,27,30H,12-14,16,20,39H2,1-11H3/b21-15-,23-17+,28-18-/t22?,24?,27-,30-/m0/s1. The van der Waals surface area contributed by atoms with Crippen LogP contribution in [0.1, 0.15) is 98.7 Å². The van der Waals surface area contributed by atoms with Crippen LogP contribution in [0.2, 0.25) is 0 Å². The Morgan fingerprint density at radius 3 is 2.23 bits per heavy atom. The molecule has 2 unspecified atom stereocenters. The number of halogens is 3. The molecule has 0 bridgehead atoms. The van der Waals surface area contributed by atoms with Crippen molar-refractivity contribution < 1.29 is 33.3 Å². The van der Waals surface area contributed by atoms with Gasteiger partial charge in [0.15, 0.2) is 5.78 Å². The molecule has 9 nitrogen and oxygen atoms in total. The number of nitrogens with two attached hydrogens (primary N) is 1. The molecule has 4 atom stereocenters. The normalized spacial score (nSPS) is 16.1. The maximum Gasteiger partial charge on any atom is 0.508 e. The predicted octanol–water partition coefficient (Wildman–Crippen LogP) is 9.32. The number of hydrogen-bond acceptors (Lipinski definition) is 10. The number of rotatable bonds is 17. The molecular weight excluding hydrogens is 699 g/mol. The fourth-order valence-electron chi connectivity index (χ4n) is 5.04. The second kappa shape index (κ2) is 19.3. The van der Waals surface area contributed by atoms with Crippen LogP contribution in [0.3, 0.4) is 0 Å². The first-order chi connectivity index (χ1) is 22.0. The number of ketones is 1. The summed E-state index contributed by atoms with van der Waals surface area (Å²) in [5.41, 5.74) is 7.58. The van der Waals surface area contributed by atoms with Gasteiger partial charge in [0, 0.05) is 11.4 Å². The minimum atomic E-state index is -1.83. The number of esters is 1. The van der Waals surface area contributed by atoms with E-state index in [1.165, 1.54) is 18.8 Å². The Balaban J connectivity index is 3.07. The summed E-state index contributed by atoms with van der Waals surface area (Å²) in [4.78, 5) is 43.7. The van der Waals surface area contributed by atoms with Crippen LogP contribution in [0.5, 0.6) is 0 Å². The van der Waals surface area contributed by atoms with Crippen molar-refractivity contribution in [2.24, 2.45) is 23.0 Å². The van der Waals surface area contributed by atoms with Gasteiger partial charge in [-0.15, -0.1) is 11.3 Å². The SMILES string of the molecule is CO/C(=C\C(=O)OC(C)(C)C)C(C)(C)C(=O)C(C)[C@@H](OC(=O)OCC(Cl)(Cl)Cl)C(C)CCC/C(C)=C\C[C@H](N)/C(C)=C/c1csc(C)n1. The lowest BCUT2D eigenvalue weighted by molar-refractivity contribution is -0.148. The van der Waals surface area contributed by atoms with Gasteiger partial charge in [-0.2, -0.15) is 0 Å². The molecule has 0 spiro atoms. The number of carbonyl (C=O) groups is 3. The van der Waals surface area contributed by atoms with E-state index in [1.54, 1.807) is 52.9 Å². The number of nitrogens with zero attached hydrogens (tertiary/aromatic N) is 1. The molecule has 0 radical (unpaired) electrons. The fraction of sp³-hybridized carbons (Fsp3) is 0.657. The summed E-state index contributed by atoms with van der Waals surface area (Å²) in [5, 5.41) is 3.02. The van der Waals surface area contributed by atoms with E-state index in [0.717, 1.165) is 29.1 Å². The van der Waals surface area contributed by atoms with Gasteiger partial charge in [0.05, 0.1) is 35.2 Å². The lowest BCUT2D eigenvalue weighted by atomic mass is 9.75. The van der Waals surface area contributed by atoms with Crippen LogP contribution in [0.15, 0.2) is 34.4 Å². The number of alkyl halides is 3. The Labute approximate surface area is 305 Å². The Morgan fingerprint density at radius 1 is 1.08 bits per heavy atom. The molecule has 1 rings (SSSR count). The third-order valence-electron chi connectivity index (χ3n) is 7.71.